The Morgan fingerprint density at radius 2 is 1.00 bits per heavy atom. The van der Waals surface area contributed by atoms with Crippen molar-refractivity contribution in [2.45, 2.75) is 47.0 Å². The summed E-state index contributed by atoms with van der Waals surface area (Å²) in [6.45, 7) is 8.95. The van der Waals surface area contributed by atoms with Crippen LogP contribution in [0.3, 0.4) is 0 Å². The Bertz CT molecular complexity index is 3410. The van der Waals surface area contributed by atoms with Gasteiger partial charge in [0.05, 0.1) is 0 Å². The Hall–Kier alpha value is -8.32. The van der Waals surface area contributed by atoms with Crippen molar-refractivity contribution in [3.63, 3.8) is 0 Å². The van der Waals surface area contributed by atoms with Gasteiger partial charge in [0.2, 0.25) is 0 Å². The maximum atomic E-state index is 2.45. The zero-order chi connectivity index (χ0) is 48.5. The van der Waals surface area contributed by atoms with Gasteiger partial charge in [0.1, 0.15) is 0 Å². The van der Waals surface area contributed by atoms with Crippen LogP contribution >= 0.6 is 0 Å². The first-order chi connectivity index (χ1) is 34.9. The fourth-order valence-corrected chi connectivity index (χ4v) is 10.3. The first-order valence-corrected chi connectivity index (χ1v) is 25.1. The summed E-state index contributed by atoms with van der Waals surface area (Å²) in [5.41, 5.74) is 27.3. The zero-order valence-corrected chi connectivity index (χ0v) is 41.4. The van der Waals surface area contributed by atoms with E-state index in [9.17, 15) is 0 Å². The molecule has 0 fully saturated rings. The Kier molecular flexibility index (Phi) is 14.1. The highest BCUT2D eigenvalue weighted by Crippen LogP contribution is 2.43. The predicted molar refractivity (Wildman–Crippen MR) is 307 cm³/mol. The summed E-state index contributed by atoms with van der Waals surface area (Å²) in [7, 11) is 0. The van der Waals surface area contributed by atoms with Crippen LogP contribution in [-0.4, -0.2) is 0 Å². The van der Waals surface area contributed by atoms with E-state index in [1.54, 1.807) is 0 Å². The van der Waals surface area contributed by atoms with Crippen molar-refractivity contribution in [1.82, 2.24) is 0 Å². The molecule has 71 heavy (non-hydrogen) atoms. The maximum Gasteiger partial charge on any atom is -0.00130 e. The lowest BCUT2D eigenvalue weighted by Crippen LogP contribution is -2.01. The van der Waals surface area contributed by atoms with Gasteiger partial charge in [-0.15, -0.1) is 0 Å². The molecule has 0 heteroatoms. The van der Waals surface area contributed by atoms with Crippen molar-refractivity contribution in [2.75, 3.05) is 0 Å². The van der Waals surface area contributed by atoms with E-state index in [0.717, 1.165) is 19.3 Å². The minimum absolute atomic E-state index is 0.741. The summed E-state index contributed by atoms with van der Waals surface area (Å²) in [5, 5.41) is 0. The highest BCUT2D eigenvalue weighted by Gasteiger charge is 2.20. The molecule has 0 saturated heterocycles. The van der Waals surface area contributed by atoms with Gasteiger partial charge in [-0.3, -0.25) is 0 Å². The Morgan fingerprint density at radius 1 is 0.479 bits per heavy atom. The number of benzene rings is 9. The third-order valence-corrected chi connectivity index (χ3v) is 14.0. The van der Waals surface area contributed by atoms with Crippen LogP contribution in [0.5, 0.6) is 0 Å². The van der Waals surface area contributed by atoms with Crippen LogP contribution in [0.15, 0.2) is 255 Å². The minimum atomic E-state index is 0.741. The van der Waals surface area contributed by atoms with Crippen LogP contribution in [0.25, 0.3) is 83.5 Å². The average molecular weight is 913 g/mol. The van der Waals surface area contributed by atoms with E-state index >= 15 is 0 Å². The van der Waals surface area contributed by atoms with Gasteiger partial charge in [0.25, 0.3) is 0 Å². The average Bonchev–Trinajstić information content (AvgIpc) is 3.43. The van der Waals surface area contributed by atoms with Gasteiger partial charge in [0, 0.05) is 0 Å². The molecule has 0 amide bonds. The van der Waals surface area contributed by atoms with Crippen molar-refractivity contribution >= 4 is 16.7 Å². The van der Waals surface area contributed by atoms with Crippen LogP contribution in [0.2, 0.25) is 0 Å². The second-order valence-corrected chi connectivity index (χ2v) is 18.8. The molecule has 9 aromatic rings. The molecule has 0 nitrogen and oxygen atoms in total. The molecule has 0 aromatic heterocycles. The molecule has 1 aliphatic rings. The summed E-state index contributed by atoms with van der Waals surface area (Å²) in [6, 6.07) is 78.3. The molecule has 0 heterocycles. The number of aryl methyl sites for hydroxylation is 1. The quantitative estimate of drug-likeness (QED) is 0.101. The Labute approximate surface area is 422 Å². The lowest BCUT2D eigenvalue weighted by Gasteiger charge is -2.22. The summed E-state index contributed by atoms with van der Waals surface area (Å²) in [6.07, 6.45) is 18.6. The van der Waals surface area contributed by atoms with Crippen LogP contribution < -0.4 is 0 Å². The lowest BCUT2D eigenvalue weighted by molar-refractivity contribution is 1.05. The molecule has 10 rings (SSSR count). The van der Waals surface area contributed by atoms with Crippen LogP contribution in [0.1, 0.15) is 65.6 Å². The lowest BCUT2D eigenvalue weighted by atomic mass is 9.82. The highest BCUT2D eigenvalue weighted by molar-refractivity contribution is 5.92. The second-order valence-electron chi connectivity index (χ2n) is 18.8. The fourth-order valence-electron chi connectivity index (χ4n) is 10.3. The van der Waals surface area contributed by atoms with Crippen molar-refractivity contribution in [2.24, 2.45) is 0 Å². The molecule has 1 aliphatic carbocycles. The smallest absolute Gasteiger partial charge is 0.00130 e. The van der Waals surface area contributed by atoms with Crippen molar-refractivity contribution < 1.29 is 0 Å². The van der Waals surface area contributed by atoms with Gasteiger partial charge >= 0.3 is 0 Å². The third kappa shape index (κ3) is 10.5. The Balaban J connectivity index is 1.17. The maximum absolute atomic E-state index is 2.45. The van der Waals surface area contributed by atoms with E-state index in [1.807, 2.05) is 0 Å². The number of hydrogen-bond donors (Lipinski definition) is 0. The summed E-state index contributed by atoms with van der Waals surface area (Å²) in [4.78, 5) is 0. The summed E-state index contributed by atoms with van der Waals surface area (Å²) < 4.78 is 0. The number of allylic oxidation sites excluding steroid dienone is 10. The van der Waals surface area contributed by atoms with E-state index in [0.29, 0.717) is 0 Å². The number of hydrogen-bond acceptors (Lipinski definition) is 0. The van der Waals surface area contributed by atoms with E-state index in [-0.39, 0.29) is 0 Å². The number of rotatable bonds is 13. The van der Waals surface area contributed by atoms with Gasteiger partial charge in [-0.25, -0.2) is 0 Å². The second kappa shape index (κ2) is 21.5. The molecule has 0 atom stereocenters. The molecule has 0 N–H and O–H groups in total. The topological polar surface area (TPSA) is 0 Å². The normalized spacial score (nSPS) is 12.9. The summed E-state index contributed by atoms with van der Waals surface area (Å²) in [5.74, 6) is 0. The zero-order valence-electron chi connectivity index (χ0n) is 41.4. The van der Waals surface area contributed by atoms with E-state index < -0.39 is 0 Å². The predicted octanol–water partition coefficient (Wildman–Crippen LogP) is 19.7. The van der Waals surface area contributed by atoms with Crippen LogP contribution in [-0.2, 0) is 6.42 Å². The molecule has 0 radical (unpaired) electrons. The molecule has 9 aromatic carbocycles. The van der Waals surface area contributed by atoms with Crippen molar-refractivity contribution in [3.8, 4) is 66.8 Å². The van der Waals surface area contributed by atoms with Crippen molar-refractivity contribution in [1.29, 1.82) is 0 Å². The van der Waals surface area contributed by atoms with Crippen LogP contribution in [0.4, 0.5) is 0 Å². The Morgan fingerprint density at radius 3 is 1.55 bits per heavy atom. The molecular formula is C71H60. The third-order valence-electron chi connectivity index (χ3n) is 14.0. The molecule has 0 aliphatic heterocycles. The fraction of sp³-hybridized carbons (Fsp3) is 0.0986. The monoisotopic (exact) mass is 912 g/mol. The minimum Gasteiger partial charge on any atom is -0.0876 e. The molecule has 0 spiro atoms. The molecular weight excluding hydrogens is 853 g/mol. The SMILES string of the molecule is CC=C/C=C(\C=C(/C)c1cc(C2=CC=CCC2)cc(-c2ccccc2)c1C)c1ccc(C)c(-c2cc(-c3ccccc3)cc(-c3ccccc3)c2Cc2cc(-c3ccccc3)cc(-c3ccccc3)c2)c1. The largest absolute Gasteiger partial charge is 0.0876 e. The van der Waals surface area contributed by atoms with E-state index in [4.69, 9.17) is 0 Å². The molecule has 0 bridgehead atoms. The van der Waals surface area contributed by atoms with Crippen LogP contribution in [0, 0.1) is 13.8 Å². The summed E-state index contributed by atoms with van der Waals surface area (Å²) >= 11 is 0. The molecule has 344 valence electrons. The molecule has 0 unspecified atom stereocenters. The van der Waals surface area contributed by atoms with Gasteiger partial charge in [-0.1, -0.05) is 218 Å². The highest BCUT2D eigenvalue weighted by atomic mass is 14.2. The standard InChI is InChI=1S/C71H60/c1-5-6-25-60(40-51(3)66-46-64(56-30-17-9-18-31-56)47-68(52(66)4)58-34-21-11-22-35-58)61-39-38-50(2)67(45-61)71-49-65(57-32-19-10-20-33-57)48-69(59-36-23-12-24-37-59)70(71)43-53-41-62(54-26-13-7-14-27-54)44-63(42-53)55-28-15-8-16-29-55/h5-17,19-30,32-42,44-49H,18,31,43H2,1-4H3/b6-5?,51-40+,60-25+. The van der Waals surface area contributed by atoms with E-state index in [2.05, 4.69) is 283 Å². The first kappa shape index (κ1) is 46.4. The first-order valence-electron chi connectivity index (χ1n) is 25.1. The van der Waals surface area contributed by atoms with Crippen molar-refractivity contribution in [3.05, 3.63) is 294 Å². The molecule has 0 saturated carbocycles. The van der Waals surface area contributed by atoms with Gasteiger partial charge < -0.3 is 0 Å². The van der Waals surface area contributed by atoms with Gasteiger partial charge in [-0.05, 0) is 206 Å². The van der Waals surface area contributed by atoms with E-state index in [1.165, 1.54) is 122 Å². The van der Waals surface area contributed by atoms with Gasteiger partial charge in [-0.2, -0.15) is 0 Å². The van der Waals surface area contributed by atoms with Gasteiger partial charge in [0.15, 0.2) is 0 Å².